The van der Waals surface area contributed by atoms with E-state index in [0.29, 0.717) is 27.9 Å². The Balaban J connectivity index is 2.06. The molecule has 0 radical (unpaired) electrons. The van der Waals surface area contributed by atoms with Crippen molar-refractivity contribution in [2.24, 2.45) is 39.4 Å². The Labute approximate surface area is 150 Å². The van der Waals surface area contributed by atoms with E-state index < -0.39 is 0 Å². The van der Waals surface area contributed by atoms with Gasteiger partial charge >= 0.3 is 0 Å². The summed E-state index contributed by atoms with van der Waals surface area (Å²) in [6.07, 6.45) is 11.3. The average molecular weight is 333 g/mol. The molecular formula is C23H40O. The van der Waals surface area contributed by atoms with Gasteiger partial charge < -0.3 is 5.11 Å². The Hall–Kier alpha value is -0.460. The molecule has 138 valence electrons. The minimum absolute atomic E-state index is 0.0570. The highest BCUT2D eigenvalue weighted by atomic mass is 16.3. The molecule has 0 saturated heterocycles. The summed E-state index contributed by atoms with van der Waals surface area (Å²) >= 11 is 0. The largest absolute Gasteiger partial charge is 0.512 e. The molecule has 3 aliphatic carbocycles. The summed E-state index contributed by atoms with van der Waals surface area (Å²) in [5.41, 5.74) is 1.20. The Morgan fingerprint density at radius 1 is 1.04 bits per heavy atom. The topological polar surface area (TPSA) is 20.2 Å². The van der Waals surface area contributed by atoms with Crippen LogP contribution in [0.4, 0.5) is 0 Å². The summed E-state index contributed by atoms with van der Waals surface area (Å²) in [6, 6.07) is 0. The van der Waals surface area contributed by atoms with Gasteiger partial charge in [0, 0.05) is 5.41 Å². The highest BCUT2D eigenvalue weighted by Crippen LogP contribution is 2.72. The van der Waals surface area contributed by atoms with Gasteiger partial charge in [0.1, 0.15) is 0 Å². The second kappa shape index (κ2) is 5.52. The normalized spacial score (nSPS) is 50.6. The van der Waals surface area contributed by atoms with Crippen molar-refractivity contribution < 1.29 is 5.11 Å². The summed E-state index contributed by atoms with van der Waals surface area (Å²) in [4.78, 5) is 0. The number of fused-ring (bicyclic) bond motifs is 3. The van der Waals surface area contributed by atoms with Gasteiger partial charge in [0.15, 0.2) is 0 Å². The fraction of sp³-hybridized carbons (Fsp3) is 0.913. The summed E-state index contributed by atoms with van der Waals surface area (Å²) in [5, 5.41) is 10.5. The van der Waals surface area contributed by atoms with Crippen molar-refractivity contribution in [2.45, 2.75) is 93.4 Å². The van der Waals surface area contributed by atoms with Crippen molar-refractivity contribution in [2.75, 3.05) is 0 Å². The maximum atomic E-state index is 10.5. The van der Waals surface area contributed by atoms with Crippen LogP contribution in [0.3, 0.4) is 0 Å². The zero-order chi connectivity index (χ0) is 18.0. The molecule has 2 fully saturated rings. The number of allylic oxidation sites excluding steroid dienone is 2. The smallest absolute Gasteiger partial charge is 0.0942 e. The van der Waals surface area contributed by atoms with Crippen molar-refractivity contribution >= 4 is 0 Å². The molecule has 3 rings (SSSR count). The monoisotopic (exact) mass is 332 g/mol. The first-order valence-corrected chi connectivity index (χ1v) is 10.4. The highest BCUT2D eigenvalue weighted by Gasteiger charge is 2.65. The zero-order valence-electron chi connectivity index (χ0n) is 17.2. The van der Waals surface area contributed by atoms with E-state index in [9.17, 15) is 5.11 Å². The highest BCUT2D eigenvalue weighted by molar-refractivity contribution is 5.21. The fourth-order valence-electron chi connectivity index (χ4n) is 7.83. The number of aliphatic hydroxyl groups is 1. The third-order valence-electron chi connectivity index (χ3n) is 9.63. The SMILES string of the molecule is CCC[C@]1(C)[C@@H](C)CC[C@@H]2[C@@]3(C)CC=C(O)C(C)(C)[C@@H]3CC[C@]21C. The third-order valence-corrected chi connectivity index (χ3v) is 9.63. The van der Waals surface area contributed by atoms with Crippen LogP contribution >= 0.6 is 0 Å². The molecule has 0 bridgehead atoms. The molecule has 0 unspecified atom stereocenters. The van der Waals surface area contributed by atoms with Gasteiger partial charge in [0.05, 0.1) is 5.76 Å². The van der Waals surface area contributed by atoms with E-state index in [1.54, 1.807) is 0 Å². The molecule has 0 aromatic rings. The molecule has 0 aliphatic heterocycles. The van der Waals surface area contributed by atoms with Crippen LogP contribution in [0.25, 0.3) is 0 Å². The number of aliphatic hydroxyl groups excluding tert-OH is 1. The maximum absolute atomic E-state index is 10.5. The minimum Gasteiger partial charge on any atom is -0.512 e. The van der Waals surface area contributed by atoms with Crippen LogP contribution in [0.15, 0.2) is 11.8 Å². The minimum atomic E-state index is -0.0570. The van der Waals surface area contributed by atoms with Gasteiger partial charge in [0.2, 0.25) is 0 Å². The van der Waals surface area contributed by atoms with Gasteiger partial charge in [-0.2, -0.15) is 0 Å². The van der Waals surface area contributed by atoms with Gasteiger partial charge in [-0.3, -0.25) is 0 Å². The molecule has 1 N–H and O–H groups in total. The molecule has 1 nitrogen and oxygen atoms in total. The van der Waals surface area contributed by atoms with Crippen molar-refractivity contribution in [3.8, 4) is 0 Å². The van der Waals surface area contributed by atoms with E-state index in [1.165, 1.54) is 38.5 Å². The van der Waals surface area contributed by atoms with E-state index in [1.807, 2.05) is 0 Å². The lowest BCUT2D eigenvalue weighted by Crippen LogP contribution is -2.62. The van der Waals surface area contributed by atoms with Crippen LogP contribution in [0, 0.1) is 39.4 Å². The predicted octanol–water partition coefficient (Wildman–Crippen LogP) is 7.13. The fourth-order valence-corrected chi connectivity index (χ4v) is 7.83. The summed E-state index contributed by atoms with van der Waals surface area (Å²) in [7, 11) is 0. The number of hydrogen-bond acceptors (Lipinski definition) is 1. The summed E-state index contributed by atoms with van der Waals surface area (Å²) in [6.45, 7) is 17.2. The molecule has 24 heavy (non-hydrogen) atoms. The van der Waals surface area contributed by atoms with Gasteiger partial charge in [-0.15, -0.1) is 0 Å². The lowest BCUT2D eigenvalue weighted by atomic mass is 9.36. The van der Waals surface area contributed by atoms with Crippen molar-refractivity contribution in [3.63, 3.8) is 0 Å². The molecule has 6 atom stereocenters. The summed E-state index contributed by atoms with van der Waals surface area (Å²) in [5.74, 6) is 2.89. The van der Waals surface area contributed by atoms with E-state index in [2.05, 4.69) is 54.5 Å². The Kier molecular flexibility index (Phi) is 4.21. The van der Waals surface area contributed by atoms with Gasteiger partial charge in [0.25, 0.3) is 0 Å². The maximum Gasteiger partial charge on any atom is 0.0942 e. The van der Waals surface area contributed by atoms with E-state index in [4.69, 9.17) is 0 Å². The van der Waals surface area contributed by atoms with Gasteiger partial charge in [-0.05, 0) is 78.6 Å². The zero-order valence-corrected chi connectivity index (χ0v) is 17.2. The molecule has 0 aromatic carbocycles. The Morgan fingerprint density at radius 2 is 1.71 bits per heavy atom. The molecule has 2 saturated carbocycles. The lowest BCUT2D eigenvalue weighted by Gasteiger charge is -2.69. The van der Waals surface area contributed by atoms with Crippen LogP contribution < -0.4 is 0 Å². The Morgan fingerprint density at radius 3 is 2.33 bits per heavy atom. The third kappa shape index (κ3) is 2.12. The van der Waals surface area contributed by atoms with Gasteiger partial charge in [-0.1, -0.05) is 54.9 Å². The summed E-state index contributed by atoms with van der Waals surface area (Å²) < 4.78 is 0. The average Bonchev–Trinajstić information content (AvgIpc) is 2.49. The second-order valence-electron chi connectivity index (χ2n) is 10.7. The van der Waals surface area contributed by atoms with Gasteiger partial charge in [-0.25, -0.2) is 0 Å². The van der Waals surface area contributed by atoms with Crippen LogP contribution in [-0.2, 0) is 0 Å². The molecule has 1 heteroatoms. The first kappa shape index (κ1) is 18.3. The quantitative estimate of drug-likeness (QED) is 0.570. The van der Waals surface area contributed by atoms with Crippen molar-refractivity contribution in [1.29, 1.82) is 0 Å². The van der Waals surface area contributed by atoms with Crippen LogP contribution in [-0.4, -0.2) is 5.11 Å². The van der Waals surface area contributed by atoms with Crippen molar-refractivity contribution in [3.05, 3.63) is 11.8 Å². The van der Waals surface area contributed by atoms with E-state index in [-0.39, 0.29) is 5.41 Å². The molecule has 0 heterocycles. The van der Waals surface area contributed by atoms with Crippen LogP contribution in [0.5, 0.6) is 0 Å². The van der Waals surface area contributed by atoms with E-state index in [0.717, 1.165) is 18.3 Å². The first-order valence-electron chi connectivity index (χ1n) is 10.4. The number of hydrogen-bond donors (Lipinski definition) is 1. The predicted molar refractivity (Wildman–Crippen MR) is 103 cm³/mol. The molecular weight excluding hydrogens is 292 g/mol. The lowest BCUT2D eigenvalue weighted by molar-refractivity contribution is -0.195. The first-order chi connectivity index (χ1) is 11.0. The molecule has 3 aliphatic rings. The standard InChI is InChI=1S/C23H40O/c1-8-13-22(6)16(2)9-10-18-21(5)14-12-19(24)20(3,4)17(21)11-15-23(18,22)7/h12,16-18,24H,8-11,13-15H2,1-7H3/t16-,17-,18+,21-,22+,23+/m0/s1. The second-order valence-corrected chi connectivity index (χ2v) is 10.7. The van der Waals surface area contributed by atoms with Crippen LogP contribution in [0.2, 0.25) is 0 Å². The van der Waals surface area contributed by atoms with Crippen molar-refractivity contribution in [1.82, 2.24) is 0 Å². The molecule has 0 spiro atoms. The molecule has 0 aromatic heterocycles. The Bertz CT molecular complexity index is 532. The van der Waals surface area contributed by atoms with E-state index >= 15 is 0 Å². The van der Waals surface area contributed by atoms with Crippen LogP contribution in [0.1, 0.15) is 93.4 Å². The number of rotatable bonds is 2. The molecule has 0 amide bonds.